The molecule has 5 aromatic heterocycles. The Kier molecular flexibility index (Phi) is 7.13. The number of benzene rings is 1. The number of halogens is 2. The lowest BCUT2D eigenvalue weighted by Crippen LogP contribution is -2.40. The zero-order chi connectivity index (χ0) is 31.4. The van der Waals surface area contributed by atoms with Crippen molar-refractivity contribution in [3.8, 4) is 39.5 Å². The van der Waals surface area contributed by atoms with Gasteiger partial charge in [-0.3, -0.25) is 19.1 Å². The molecule has 1 N–H and O–H groups in total. The molecule has 0 radical (unpaired) electrons. The topological polar surface area (TPSA) is 111 Å². The molecular weight excluding hydrogens is 600 g/mol. The molecule has 0 saturated carbocycles. The number of aliphatic hydroxyl groups excluding tert-OH is 1. The molecular formula is C32H27F2N7O3S. The average Bonchev–Trinajstić information content (AvgIpc) is 3.78. The van der Waals surface area contributed by atoms with Crippen molar-refractivity contribution in [2.24, 2.45) is 7.05 Å². The molecule has 6 heterocycles. The monoisotopic (exact) mass is 627 g/mol. The summed E-state index contributed by atoms with van der Waals surface area (Å²) in [5.74, 6) is -1.90. The van der Waals surface area contributed by atoms with Gasteiger partial charge in [0.1, 0.15) is 40.9 Å². The number of hydrogen-bond acceptors (Lipinski definition) is 8. The Hall–Kier alpha value is -5.01. The number of carbonyl (C=O) groups is 1. The standard InChI is InChI=1S/C32H27F2N7O3S/c1-4-27(43)40-6-7-41-24(17(40)2)14-22(38-41)31-29(28-21(34)12-19(33)13-26(28)44-9-8-42)32-20(5-10-45-32)30(37-31)18-11-25-23(35-15-18)16-36-39(25)3/h4-5,10-17,42H,1,6-9H2,2-3H3/t17-/m1/s1. The van der Waals surface area contributed by atoms with E-state index in [0.29, 0.717) is 40.4 Å². The number of rotatable bonds is 7. The molecule has 0 aliphatic carbocycles. The van der Waals surface area contributed by atoms with Gasteiger partial charge in [0.2, 0.25) is 5.91 Å². The minimum Gasteiger partial charge on any atom is -0.490 e. The third kappa shape index (κ3) is 4.75. The highest BCUT2D eigenvalue weighted by atomic mass is 32.1. The quantitative estimate of drug-likeness (QED) is 0.232. The second-order valence-electron chi connectivity index (χ2n) is 10.7. The van der Waals surface area contributed by atoms with Gasteiger partial charge in [0.15, 0.2) is 0 Å². The first-order chi connectivity index (χ1) is 21.8. The molecule has 0 unspecified atom stereocenters. The second kappa shape index (κ2) is 11.2. The van der Waals surface area contributed by atoms with Crippen LogP contribution in [-0.4, -0.2) is 65.2 Å². The summed E-state index contributed by atoms with van der Waals surface area (Å²) in [5.41, 5.74) is 4.82. The van der Waals surface area contributed by atoms with E-state index >= 15 is 4.39 Å². The van der Waals surface area contributed by atoms with Gasteiger partial charge in [-0.15, -0.1) is 11.3 Å². The van der Waals surface area contributed by atoms with Crippen molar-refractivity contribution in [1.29, 1.82) is 0 Å². The third-order valence-electron chi connectivity index (χ3n) is 8.06. The van der Waals surface area contributed by atoms with E-state index in [1.807, 2.05) is 42.2 Å². The SMILES string of the molecule is C=CC(=O)N1CCn2nc(-c3nc(-c4cnc5cnn(C)c5c4)c4ccsc4c3-c3c(F)cc(F)cc3OCCO)cc2[C@H]1C. The number of amides is 1. The van der Waals surface area contributed by atoms with Gasteiger partial charge < -0.3 is 14.7 Å². The summed E-state index contributed by atoms with van der Waals surface area (Å²) in [7, 11) is 1.83. The maximum atomic E-state index is 15.9. The predicted molar refractivity (Wildman–Crippen MR) is 167 cm³/mol. The Bertz CT molecular complexity index is 2140. The van der Waals surface area contributed by atoms with E-state index in [2.05, 4.69) is 16.7 Å². The summed E-state index contributed by atoms with van der Waals surface area (Å²) in [5, 5.41) is 21.3. The van der Waals surface area contributed by atoms with Crippen LogP contribution in [0.15, 0.2) is 60.8 Å². The lowest BCUT2D eigenvalue weighted by molar-refractivity contribution is -0.129. The zero-order valence-corrected chi connectivity index (χ0v) is 25.2. The van der Waals surface area contributed by atoms with Gasteiger partial charge >= 0.3 is 0 Å². The van der Waals surface area contributed by atoms with Crippen molar-refractivity contribution >= 4 is 38.4 Å². The molecule has 1 amide bonds. The Morgan fingerprint density at radius 3 is 2.82 bits per heavy atom. The van der Waals surface area contributed by atoms with Crippen LogP contribution in [0, 0.1) is 11.6 Å². The minimum atomic E-state index is -0.841. The molecule has 45 heavy (non-hydrogen) atoms. The van der Waals surface area contributed by atoms with Crippen molar-refractivity contribution in [2.75, 3.05) is 19.8 Å². The highest BCUT2D eigenvalue weighted by molar-refractivity contribution is 7.18. The number of aromatic nitrogens is 6. The number of fused-ring (bicyclic) bond motifs is 3. The smallest absolute Gasteiger partial charge is 0.246 e. The summed E-state index contributed by atoms with van der Waals surface area (Å²) >= 11 is 1.38. The molecule has 0 fully saturated rings. The van der Waals surface area contributed by atoms with E-state index in [-0.39, 0.29) is 36.5 Å². The molecule has 0 bridgehead atoms. The Balaban J connectivity index is 1.52. The Morgan fingerprint density at radius 2 is 2.02 bits per heavy atom. The molecule has 1 aliphatic heterocycles. The van der Waals surface area contributed by atoms with Crippen molar-refractivity contribution in [3.05, 3.63) is 78.1 Å². The van der Waals surface area contributed by atoms with Crippen LogP contribution in [0.3, 0.4) is 0 Å². The largest absolute Gasteiger partial charge is 0.490 e. The normalized spacial score (nSPS) is 14.7. The molecule has 1 aromatic carbocycles. The van der Waals surface area contributed by atoms with Gasteiger partial charge in [0.25, 0.3) is 0 Å². The van der Waals surface area contributed by atoms with Gasteiger partial charge in [-0.05, 0) is 36.6 Å². The number of aliphatic hydroxyl groups is 1. The molecule has 1 aliphatic rings. The summed E-state index contributed by atoms with van der Waals surface area (Å²) < 4.78 is 40.4. The van der Waals surface area contributed by atoms with Crippen molar-refractivity contribution < 1.29 is 23.4 Å². The Morgan fingerprint density at radius 1 is 1.18 bits per heavy atom. The van der Waals surface area contributed by atoms with Gasteiger partial charge in [0.05, 0.1) is 47.9 Å². The lowest BCUT2D eigenvalue weighted by Gasteiger charge is -2.33. The van der Waals surface area contributed by atoms with E-state index in [4.69, 9.17) is 14.8 Å². The first-order valence-corrected chi connectivity index (χ1v) is 15.1. The first kappa shape index (κ1) is 28.7. The van der Waals surface area contributed by atoms with Crippen LogP contribution in [-0.2, 0) is 18.4 Å². The fraction of sp³-hybridized carbons (Fsp3) is 0.219. The number of aryl methyl sites for hydroxylation is 1. The summed E-state index contributed by atoms with van der Waals surface area (Å²) in [6, 6.07) is 7.30. The number of ether oxygens (including phenoxy) is 1. The average molecular weight is 628 g/mol. The second-order valence-corrected chi connectivity index (χ2v) is 11.6. The van der Waals surface area contributed by atoms with Crippen LogP contribution in [0.5, 0.6) is 5.75 Å². The van der Waals surface area contributed by atoms with Gasteiger partial charge in [-0.25, -0.2) is 13.8 Å². The van der Waals surface area contributed by atoms with Crippen LogP contribution in [0.25, 0.3) is 54.9 Å². The van der Waals surface area contributed by atoms with Crippen molar-refractivity contribution in [2.45, 2.75) is 19.5 Å². The molecule has 7 rings (SSSR count). The van der Waals surface area contributed by atoms with Crippen LogP contribution in [0.1, 0.15) is 18.7 Å². The van der Waals surface area contributed by atoms with E-state index in [9.17, 15) is 14.3 Å². The molecule has 0 spiro atoms. The van der Waals surface area contributed by atoms with E-state index in [1.165, 1.54) is 17.4 Å². The molecule has 228 valence electrons. The fourth-order valence-corrected chi connectivity index (χ4v) is 6.86. The number of thiophene rings is 1. The van der Waals surface area contributed by atoms with Crippen LogP contribution in [0.4, 0.5) is 8.78 Å². The highest BCUT2D eigenvalue weighted by Crippen LogP contribution is 2.47. The summed E-state index contributed by atoms with van der Waals surface area (Å²) in [4.78, 5) is 24.0. The molecule has 13 heteroatoms. The number of nitrogens with zero attached hydrogens (tertiary/aromatic N) is 7. The van der Waals surface area contributed by atoms with Crippen LogP contribution >= 0.6 is 11.3 Å². The molecule has 0 saturated heterocycles. The van der Waals surface area contributed by atoms with E-state index in [1.54, 1.807) is 22.0 Å². The number of carbonyl (C=O) groups excluding carboxylic acids is 1. The van der Waals surface area contributed by atoms with E-state index < -0.39 is 11.6 Å². The van der Waals surface area contributed by atoms with Gasteiger partial charge in [0, 0.05) is 53.1 Å². The number of hydrogen-bond donors (Lipinski definition) is 1. The fourth-order valence-electron chi connectivity index (χ4n) is 5.92. The maximum absolute atomic E-state index is 15.9. The van der Waals surface area contributed by atoms with Gasteiger partial charge in [-0.2, -0.15) is 10.2 Å². The third-order valence-corrected chi connectivity index (χ3v) is 8.99. The summed E-state index contributed by atoms with van der Waals surface area (Å²) in [6.07, 6.45) is 4.70. The van der Waals surface area contributed by atoms with Crippen molar-refractivity contribution in [1.82, 2.24) is 34.4 Å². The van der Waals surface area contributed by atoms with Gasteiger partial charge in [-0.1, -0.05) is 6.58 Å². The maximum Gasteiger partial charge on any atom is 0.246 e. The minimum absolute atomic E-state index is 0.00837. The molecule has 6 aromatic rings. The number of pyridine rings is 2. The van der Waals surface area contributed by atoms with Crippen LogP contribution < -0.4 is 4.74 Å². The molecule has 10 nitrogen and oxygen atoms in total. The summed E-state index contributed by atoms with van der Waals surface area (Å²) in [6.45, 7) is 5.92. The van der Waals surface area contributed by atoms with E-state index in [0.717, 1.165) is 39.8 Å². The lowest BCUT2D eigenvalue weighted by atomic mass is 9.96. The first-order valence-electron chi connectivity index (χ1n) is 14.2. The predicted octanol–water partition coefficient (Wildman–Crippen LogP) is 5.51. The highest BCUT2D eigenvalue weighted by Gasteiger charge is 2.31. The Labute approximate surface area is 259 Å². The van der Waals surface area contributed by atoms with Crippen LogP contribution in [0.2, 0.25) is 0 Å². The molecule has 1 atom stereocenters. The van der Waals surface area contributed by atoms with Crippen molar-refractivity contribution in [3.63, 3.8) is 0 Å². The zero-order valence-electron chi connectivity index (χ0n) is 24.4.